The van der Waals surface area contributed by atoms with Gasteiger partial charge >= 0.3 is 0 Å². The summed E-state index contributed by atoms with van der Waals surface area (Å²) in [5.74, 6) is 0.526. The van der Waals surface area contributed by atoms with E-state index < -0.39 is 0 Å². The lowest BCUT2D eigenvalue weighted by atomic mass is 9.96. The first-order valence-electron chi connectivity index (χ1n) is 6.75. The molecule has 0 N–H and O–H groups in total. The number of pyridine rings is 1. The minimum Gasteiger partial charge on any atom is -0.288 e. The summed E-state index contributed by atoms with van der Waals surface area (Å²) >= 11 is 0. The summed E-state index contributed by atoms with van der Waals surface area (Å²) in [5.41, 5.74) is 7.44. The van der Waals surface area contributed by atoms with Crippen molar-refractivity contribution in [3.63, 3.8) is 0 Å². The van der Waals surface area contributed by atoms with Gasteiger partial charge < -0.3 is 0 Å². The SMILES string of the molecule is Cc1cc2c(cc1-c1cc(C(C)C)ccn1)C=NC2. The van der Waals surface area contributed by atoms with Gasteiger partial charge in [-0.1, -0.05) is 19.9 Å². The third kappa shape index (κ3) is 2.19. The molecule has 1 aliphatic rings. The van der Waals surface area contributed by atoms with E-state index in [0.717, 1.165) is 12.2 Å². The zero-order valence-corrected chi connectivity index (χ0v) is 11.6. The number of aromatic nitrogens is 1. The van der Waals surface area contributed by atoms with E-state index in [4.69, 9.17) is 0 Å². The number of hydrogen-bond donors (Lipinski definition) is 0. The molecule has 2 heterocycles. The molecule has 0 radical (unpaired) electrons. The third-order valence-corrected chi connectivity index (χ3v) is 3.70. The Morgan fingerprint density at radius 2 is 2.00 bits per heavy atom. The molecule has 0 atom stereocenters. The largest absolute Gasteiger partial charge is 0.288 e. The van der Waals surface area contributed by atoms with Gasteiger partial charge in [-0.3, -0.25) is 9.98 Å². The lowest BCUT2D eigenvalue weighted by molar-refractivity contribution is 0.863. The molecule has 0 saturated carbocycles. The Morgan fingerprint density at radius 1 is 1.16 bits per heavy atom. The van der Waals surface area contributed by atoms with E-state index in [9.17, 15) is 0 Å². The second-order valence-electron chi connectivity index (χ2n) is 5.46. The van der Waals surface area contributed by atoms with Crippen LogP contribution in [0.15, 0.2) is 35.5 Å². The molecule has 2 aromatic rings. The maximum absolute atomic E-state index is 4.53. The summed E-state index contributed by atoms with van der Waals surface area (Å²) in [6, 6.07) is 8.75. The van der Waals surface area contributed by atoms with Crippen LogP contribution in [0, 0.1) is 6.92 Å². The third-order valence-electron chi connectivity index (χ3n) is 3.70. The highest BCUT2D eigenvalue weighted by Gasteiger charge is 2.12. The van der Waals surface area contributed by atoms with Crippen molar-refractivity contribution in [2.24, 2.45) is 4.99 Å². The Kier molecular flexibility index (Phi) is 2.94. The first kappa shape index (κ1) is 12.1. The van der Waals surface area contributed by atoms with Gasteiger partial charge in [-0.25, -0.2) is 0 Å². The summed E-state index contributed by atoms with van der Waals surface area (Å²) in [4.78, 5) is 8.86. The van der Waals surface area contributed by atoms with Crippen LogP contribution in [0.2, 0.25) is 0 Å². The van der Waals surface area contributed by atoms with Crippen molar-refractivity contribution in [2.45, 2.75) is 33.2 Å². The number of nitrogens with zero attached hydrogens (tertiary/aromatic N) is 2. The summed E-state index contributed by atoms with van der Waals surface area (Å²) in [6.07, 6.45) is 3.87. The van der Waals surface area contributed by atoms with Crippen LogP contribution < -0.4 is 0 Å². The predicted molar refractivity (Wildman–Crippen MR) is 79.8 cm³/mol. The smallest absolute Gasteiger partial charge is 0.0707 e. The summed E-state index contributed by atoms with van der Waals surface area (Å²) in [7, 11) is 0. The normalized spacial score (nSPS) is 13.1. The van der Waals surface area contributed by atoms with E-state index in [0.29, 0.717) is 5.92 Å². The number of benzene rings is 1. The standard InChI is InChI=1S/C17H18N2/c1-11(2)13-4-5-19-17(8-13)16-7-15-10-18-9-14(15)6-12(16)3/h4-8,10-11H,9H2,1-3H3. The van der Waals surface area contributed by atoms with Crippen molar-refractivity contribution in [2.75, 3.05) is 0 Å². The molecule has 0 aliphatic carbocycles. The average Bonchev–Trinajstić information content (AvgIpc) is 2.85. The van der Waals surface area contributed by atoms with Crippen molar-refractivity contribution < 1.29 is 0 Å². The van der Waals surface area contributed by atoms with Crippen LogP contribution in [0.3, 0.4) is 0 Å². The number of hydrogen-bond acceptors (Lipinski definition) is 2. The lowest BCUT2D eigenvalue weighted by Crippen LogP contribution is -1.95. The molecule has 19 heavy (non-hydrogen) atoms. The molecule has 2 nitrogen and oxygen atoms in total. The highest BCUT2D eigenvalue weighted by molar-refractivity contribution is 5.87. The van der Waals surface area contributed by atoms with Gasteiger partial charge in [0.05, 0.1) is 12.2 Å². The Balaban J connectivity index is 2.11. The molecule has 1 aliphatic heterocycles. The van der Waals surface area contributed by atoms with Crippen LogP contribution in [0.4, 0.5) is 0 Å². The van der Waals surface area contributed by atoms with Gasteiger partial charge in [-0.15, -0.1) is 0 Å². The van der Waals surface area contributed by atoms with Gasteiger partial charge in [0, 0.05) is 18.0 Å². The molecular formula is C17H18N2. The van der Waals surface area contributed by atoms with Crippen LogP contribution in [-0.2, 0) is 6.54 Å². The lowest BCUT2D eigenvalue weighted by Gasteiger charge is -2.11. The van der Waals surface area contributed by atoms with Crippen molar-refractivity contribution in [3.05, 3.63) is 52.7 Å². The highest BCUT2D eigenvalue weighted by atomic mass is 14.7. The fourth-order valence-electron chi connectivity index (χ4n) is 2.51. The predicted octanol–water partition coefficient (Wildman–Crippen LogP) is 4.11. The fraction of sp³-hybridized carbons (Fsp3) is 0.294. The number of aryl methyl sites for hydroxylation is 1. The van der Waals surface area contributed by atoms with E-state index in [1.807, 2.05) is 12.4 Å². The highest BCUT2D eigenvalue weighted by Crippen LogP contribution is 2.28. The molecule has 2 heteroatoms. The van der Waals surface area contributed by atoms with Gasteiger partial charge in [0.15, 0.2) is 0 Å². The Morgan fingerprint density at radius 3 is 2.79 bits per heavy atom. The molecule has 96 valence electrons. The number of aliphatic imine (C=N–C) groups is 1. The Hall–Kier alpha value is -1.96. The quantitative estimate of drug-likeness (QED) is 0.787. The molecule has 3 rings (SSSR count). The first-order chi connectivity index (χ1) is 9.15. The molecular weight excluding hydrogens is 232 g/mol. The molecule has 0 amide bonds. The van der Waals surface area contributed by atoms with Crippen molar-refractivity contribution in [1.29, 1.82) is 0 Å². The van der Waals surface area contributed by atoms with Gasteiger partial charge in [0.2, 0.25) is 0 Å². The fourth-order valence-corrected chi connectivity index (χ4v) is 2.51. The van der Waals surface area contributed by atoms with E-state index in [2.05, 4.69) is 55.0 Å². The monoisotopic (exact) mass is 250 g/mol. The van der Waals surface area contributed by atoms with Crippen LogP contribution >= 0.6 is 0 Å². The van der Waals surface area contributed by atoms with Gasteiger partial charge in [0.25, 0.3) is 0 Å². The van der Waals surface area contributed by atoms with Gasteiger partial charge in [-0.2, -0.15) is 0 Å². The average molecular weight is 250 g/mol. The van der Waals surface area contributed by atoms with Crippen LogP contribution in [-0.4, -0.2) is 11.2 Å². The molecule has 1 aromatic carbocycles. The van der Waals surface area contributed by atoms with E-state index in [1.165, 1.54) is 27.8 Å². The van der Waals surface area contributed by atoms with E-state index in [-0.39, 0.29) is 0 Å². The maximum atomic E-state index is 4.53. The zero-order valence-electron chi connectivity index (χ0n) is 11.6. The minimum absolute atomic E-state index is 0.526. The second kappa shape index (κ2) is 4.61. The van der Waals surface area contributed by atoms with Crippen LogP contribution in [0.25, 0.3) is 11.3 Å². The van der Waals surface area contributed by atoms with Crippen molar-refractivity contribution in [3.8, 4) is 11.3 Å². The molecule has 1 aromatic heterocycles. The Bertz CT molecular complexity index is 654. The van der Waals surface area contributed by atoms with Gasteiger partial charge in [0.1, 0.15) is 0 Å². The second-order valence-corrected chi connectivity index (χ2v) is 5.46. The van der Waals surface area contributed by atoms with E-state index >= 15 is 0 Å². The molecule has 0 spiro atoms. The van der Waals surface area contributed by atoms with Crippen molar-refractivity contribution >= 4 is 6.21 Å². The topological polar surface area (TPSA) is 25.2 Å². The maximum Gasteiger partial charge on any atom is 0.0707 e. The summed E-state index contributed by atoms with van der Waals surface area (Å²) < 4.78 is 0. The minimum atomic E-state index is 0.526. The van der Waals surface area contributed by atoms with Gasteiger partial charge in [-0.05, 0) is 53.3 Å². The Labute approximate surface area is 114 Å². The molecule has 0 saturated heterocycles. The summed E-state index contributed by atoms with van der Waals surface area (Å²) in [5, 5.41) is 0. The van der Waals surface area contributed by atoms with E-state index in [1.54, 1.807) is 0 Å². The molecule has 0 fully saturated rings. The first-order valence-corrected chi connectivity index (χ1v) is 6.75. The molecule has 0 bridgehead atoms. The summed E-state index contributed by atoms with van der Waals surface area (Å²) in [6.45, 7) is 7.39. The molecule has 0 unspecified atom stereocenters. The number of fused-ring (bicyclic) bond motifs is 1. The van der Waals surface area contributed by atoms with Crippen molar-refractivity contribution in [1.82, 2.24) is 4.98 Å². The number of rotatable bonds is 2. The van der Waals surface area contributed by atoms with Crippen LogP contribution in [0.1, 0.15) is 42.0 Å². The zero-order chi connectivity index (χ0) is 13.4. The van der Waals surface area contributed by atoms with Crippen LogP contribution in [0.5, 0.6) is 0 Å².